The molecule has 1 aromatic heterocycles. The normalized spacial score (nSPS) is 13.8. The minimum Gasteiger partial charge on any atom is -0.458 e. The first-order valence-corrected chi connectivity index (χ1v) is 7.81. The molecule has 0 aliphatic rings. The minimum absolute atomic E-state index is 0.114. The fraction of sp³-hybridized carbons (Fsp3) is 0.529. The average molecular weight is 310 g/mol. The lowest BCUT2D eigenvalue weighted by Gasteiger charge is -2.28. The number of furan rings is 1. The molecule has 0 aliphatic carbocycles. The summed E-state index contributed by atoms with van der Waals surface area (Å²) in [6, 6.07) is 8.00. The van der Waals surface area contributed by atoms with Gasteiger partial charge in [0.25, 0.3) is 0 Å². The molecule has 0 amide bonds. The Balaban J connectivity index is 2.31. The van der Waals surface area contributed by atoms with Gasteiger partial charge in [-0.05, 0) is 45.4 Å². The van der Waals surface area contributed by atoms with Crippen LogP contribution in [0, 0.1) is 0 Å². The van der Waals surface area contributed by atoms with E-state index in [1.165, 1.54) is 0 Å². The predicted octanol–water partition coefficient (Wildman–Crippen LogP) is 4.94. The van der Waals surface area contributed by atoms with Crippen LogP contribution in [-0.4, -0.2) is 19.3 Å². The summed E-state index contributed by atoms with van der Waals surface area (Å²) in [4.78, 5) is 0. The number of hydrogen-bond acceptors (Lipinski definition) is 3. The summed E-state index contributed by atoms with van der Waals surface area (Å²) in [5, 5.41) is 5.23. The van der Waals surface area contributed by atoms with E-state index < -0.39 is 0 Å². The number of methoxy groups -OCH3 is 1. The molecule has 21 heavy (non-hydrogen) atoms. The molecule has 1 unspecified atom stereocenters. The fourth-order valence-electron chi connectivity index (χ4n) is 2.39. The summed E-state index contributed by atoms with van der Waals surface area (Å²) in [6.45, 7) is 7.27. The van der Waals surface area contributed by atoms with Crippen molar-refractivity contribution in [2.75, 3.05) is 13.7 Å². The highest BCUT2D eigenvalue weighted by Gasteiger charge is 2.26. The van der Waals surface area contributed by atoms with Crippen LogP contribution in [0.2, 0.25) is 5.02 Å². The fourth-order valence-corrected chi connectivity index (χ4v) is 2.61. The molecule has 4 heteroatoms. The first kappa shape index (κ1) is 16.3. The molecule has 2 rings (SSSR count). The van der Waals surface area contributed by atoms with Gasteiger partial charge in [0.1, 0.15) is 5.76 Å². The Morgan fingerprint density at radius 1 is 1.38 bits per heavy atom. The standard InChI is InChI=1S/C17H24ClNO2/c1-5-9-19-14(11-17(2,3)20-4)15-10-12-7-6-8-13(18)16(12)21-15/h6-8,10,14,19H,5,9,11H2,1-4H3. The summed E-state index contributed by atoms with van der Waals surface area (Å²) in [5.41, 5.74) is 0.543. The Bertz CT molecular complexity index is 591. The molecule has 2 aromatic rings. The van der Waals surface area contributed by atoms with E-state index in [1.807, 2.05) is 18.2 Å². The van der Waals surface area contributed by atoms with E-state index in [2.05, 4.69) is 32.2 Å². The molecule has 1 atom stereocenters. The van der Waals surface area contributed by atoms with Crippen LogP contribution in [0.3, 0.4) is 0 Å². The summed E-state index contributed by atoms with van der Waals surface area (Å²) in [6.07, 6.45) is 1.91. The molecule has 1 heterocycles. The van der Waals surface area contributed by atoms with Gasteiger partial charge < -0.3 is 14.5 Å². The second-order valence-electron chi connectivity index (χ2n) is 5.98. The van der Waals surface area contributed by atoms with E-state index in [1.54, 1.807) is 7.11 Å². The molecule has 1 N–H and O–H groups in total. The maximum atomic E-state index is 6.20. The van der Waals surface area contributed by atoms with Crippen molar-refractivity contribution in [1.29, 1.82) is 0 Å². The van der Waals surface area contributed by atoms with Gasteiger partial charge in [0, 0.05) is 12.5 Å². The molecule has 3 nitrogen and oxygen atoms in total. The van der Waals surface area contributed by atoms with Crippen LogP contribution in [-0.2, 0) is 4.74 Å². The van der Waals surface area contributed by atoms with Crippen molar-refractivity contribution in [2.45, 2.75) is 45.3 Å². The topological polar surface area (TPSA) is 34.4 Å². The highest BCUT2D eigenvalue weighted by Crippen LogP contribution is 2.33. The van der Waals surface area contributed by atoms with Crippen molar-refractivity contribution in [3.8, 4) is 0 Å². The van der Waals surface area contributed by atoms with Gasteiger partial charge in [-0.1, -0.05) is 30.7 Å². The number of ether oxygens (including phenoxy) is 1. The van der Waals surface area contributed by atoms with E-state index in [4.69, 9.17) is 20.8 Å². The molecule has 116 valence electrons. The minimum atomic E-state index is -0.214. The largest absolute Gasteiger partial charge is 0.458 e. The highest BCUT2D eigenvalue weighted by molar-refractivity contribution is 6.34. The molecule has 1 aromatic carbocycles. The zero-order valence-corrected chi connectivity index (χ0v) is 14.0. The van der Waals surface area contributed by atoms with E-state index in [-0.39, 0.29) is 11.6 Å². The lowest BCUT2D eigenvalue weighted by atomic mass is 9.97. The number of benzene rings is 1. The highest BCUT2D eigenvalue weighted by atomic mass is 35.5. The third-order valence-electron chi connectivity index (χ3n) is 3.75. The number of rotatable bonds is 7. The Kier molecular flexibility index (Phi) is 5.31. The number of halogens is 1. The maximum Gasteiger partial charge on any atom is 0.152 e. The maximum absolute atomic E-state index is 6.20. The summed E-state index contributed by atoms with van der Waals surface area (Å²) in [5.74, 6) is 0.914. The van der Waals surface area contributed by atoms with E-state index in [0.29, 0.717) is 5.02 Å². The average Bonchev–Trinajstić information content (AvgIpc) is 2.89. The van der Waals surface area contributed by atoms with Gasteiger partial charge in [0.15, 0.2) is 5.58 Å². The molecule has 0 fully saturated rings. The van der Waals surface area contributed by atoms with E-state index in [0.717, 1.165) is 36.1 Å². The second kappa shape index (κ2) is 6.82. The number of para-hydroxylation sites is 1. The summed E-state index contributed by atoms with van der Waals surface area (Å²) in [7, 11) is 1.74. The van der Waals surface area contributed by atoms with Crippen molar-refractivity contribution in [1.82, 2.24) is 5.32 Å². The van der Waals surface area contributed by atoms with Crippen molar-refractivity contribution in [2.24, 2.45) is 0 Å². The predicted molar refractivity (Wildman–Crippen MR) is 88.0 cm³/mol. The molecule has 0 radical (unpaired) electrons. The van der Waals surface area contributed by atoms with Crippen LogP contribution < -0.4 is 5.32 Å². The van der Waals surface area contributed by atoms with Gasteiger partial charge in [-0.3, -0.25) is 0 Å². The van der Waals surface area contributed by atoms with Crippen LogP contribution in [0.4, 0.5) is 0 Å². The molecular formula is C17H24ClNO2. The van der Waals surface area contributed by atoms with Gasteiger partial charge in [0.2, 0.25) is 0 Å². The van der Waals surface area contributed by atoms with Crippen molar-refractivity contribution >= 4 is 22.6 Å². The van der Waals surface area contributed by atoms with Gasteiger partial charge >= 0.3 is 0 Å². The van der Waals surface area contributed by atoms with Crippen molar-refractivity contribution in [3.05, 3.63) is 35.0 Å². The molecule has 0 saturated carbocycles. The SMILES string of the molecule is CCCNC(CC(C)(C)OC)c1cc2cccc(Cl)c2o1. The number of nitrogens with one attached hydrogen (secondary N) is 1. The lowest BCUT2D eigenvalue weighted by Crippen LogP contribution is -2.32. The van der Waals surface area contributed by atoms with Crippen molar-refractivity contribution in [3.63, 3.8) is 0 Å². The lowest BCUT2D eigenvalue weighted by molar-refractivity contribution is 0.00516. The zero-order valence-electron chi connectivity index (χ0n) is 13.2. The van der Waals surface area contributed by atoms with Crippen LogP contribution >= 0.6 is 11.6 Å². The number of fused-ring (bicyclic) bond motifs is 1. The Hall–Kier alpha value is -1.03. The van der Waals surface area contributed by atoms with E-state index in [9.17, 15) is 0 Å². The number of hydrogen-bond donors (Lipinski definition) is 1. The third kappa shape index (κ3) is 4.00. The Labute approximate surface area is 131 Å². The Morgan fingerprint density at radius 2 is 2.14 bits per heavy atom. The van der Waals surface area contributed by atoms with Crippen LogP contribution in [0.25, 0.3) is 11.0 Å². The quantitative estimate of drug-likeness (QED) is 0.786. The smallest absolute Gasteiger partial charge is 0.152 e. The summed E-state index contributed by atoms with van der Waals surface area (Å²) < 4.78 is 11.6. The van der Waals surface area contributed by atoms with Gasteiger partial charge in [0.05, 0.1) is 16.7 Å². The van der Waals surface area contributed by atoms with Gasteiger partial charge in [-0.25, -0.2) is 0 Å². The van der Waals surface area contributed by atoms with Gasteiger partial charge in [-0.15, -0.1) is 0 Å². The molecule has 0 aliphatic heterocycles. The molecule has 0 bridgehead atoms. The van der Waals surface area contributed by atoms with Gasteiger partial charge in [-0.2, -0.15) is 0 Å². The zero-order chi connectivity index (χ0) is 15.5. The third-order valence-corrected chi connectivity index (χ3v) is 4.05. The first-order chi connectivity index (χ1) is 9.96. The van der Waals surface area contributed by atoms with E-state index >= 15 is 0 Å². The van der Waals surface area contributed by atoms with Crippen LogP contribution in [0.15, 0.2) is 28.7 Å². The molecule has 0 saturated heterocycles. The second-order valence-corrected chi connectivity index (χ2v) is 6.39. The molecule has 0 spiro atoms. The molecular weight excluding hydrogens is 286 g/mol. The van der Waals surface area contributed by atoms with Crippen LogP contribution in [0.1, 0.15) is 45.4 Å². The Morgan fingerprint density at radius 3 is 2.76 bits per heavy atom. The first-order valence-electron chi connectivity index (χ1n) is 7.43. The van der Waals surface area contributed by atoms with Crippen LogP contribution in [0.5, 0.6) is 0 Å². The monoisotopic (exact) mass is 309 g/mol. The summed E-state index contributed by atoms with van der Waals surface area (Å²) >= 11 is 6.20. The van der Waals surface area contributed by atoms with Crippen molar-refractivity contribution < 1.29 is 9.15 Å².